The van der Waals surface area contributed by atoms with Crippen LogP contribution in [0.2, 0.25) is 0 Å². The molecular weight excluding hydrogens is 305 g/mol. The maximum absolute atomic E-state index is 12.8. The van der Waals surface area contributed by atoms with Crippen LogP contribution in [0, 0.1) is 0 Å². The van der Waals surface area contributed by atoms with Crippen LogP contribution in [0.5, 0.6) is 0 Å². The molecule has 1 aromatic carbocycles. The van der Waals surface area contributed by atoms with E-state index in [9.17, 15) is 18.0 Å². The van der Waals surface area contributed by atoms with Gasteiger partial charge in [-0.25, -0.2) is 4.98 Å². The molecule has 112 valence electrons. The highest BCUT2D eigenvalue weighted by Gasteiger charge is 2.33. The summed E-state index contributed by atoms with van der Waals surface area (Å²) in [5, 5.41) is 5.33. The van der Waals surface area contributed by atoms with Crippen molar-refractivity contribution in [1.82, 2.24) is 4.98 Å². The summed E-state index contributed by atoms with van der Waals surface area (Å²) < 4.78 is 38.5. The van der Waals surface area contributed by atoms with Gasteiger partial charge in [-0.1, -0.05) is 23.5 Å². The topological polar surface area (TPSA) is 80.0 Å². The number of amides is 1. The zero-order valence-corrected chi connectivity index (χ0v) is 11.6. The minimum atomic E-state index is -4.56. The zero-order valence-electron chi connectivity index (χ0n) is 10.8. The van der Waals surface area contributed by atoms with Crippen molar-refractivity contribution >= 4 is 33.9 Å². The molecule has 0 unspecified atom stereocenters. The van der Waals surface area contributed by atoms with Crippen LogP contribution in [0.3, 0.4) is 0 Å². The summed E-state index contributed by atoms with van der Waals surface area (Å²) in [4.78, 5) is 15.9. The molecular formula is C12H11F3N4OS. The van der Waals surface area contributed by atoms with E-state index in [1.54, 1.807) is 7.05 Å². The Morgan fingerprint density at radius 1 is 1.33 bits per heavy atom. The summed E-state index contributed by atoms with van der Waals surface area (Å²) >= 11 is 0.960. The van der Waals surface area contributed by atoms with E-state index in [1.807, 2.05) is 0 Å². The number of halogens is 3. The highest BCUT2D eigenvalue weighted by atomic mass is 32.1. The van der Waals surface area contributed by atoms with E-state index < -0.39 is 17.6 Å². The van der Waals surface area contributed by atoms with E-state index in [4.69, 9.17) is 5.73 Å². The van der Waals surface area contributed by atoms with Gasteiger partial charge in [0.1, 0.15) is 10.7 Å². The predicted molar refractivity (Wildman–Crippen MR) is 75.5 cm³/mol. The first-order valence-electron chi connectivity index (χ1n) is 5.74. The maximum Gasteiger partial charge on any atom is 0.418 e. The molecule has 0 saturated carbocycles. The van der Waals surface area contributed by atoms with Crippen LogP contribution in [0.15, 0.2) is 24.3 Å². The van der Waals surface area contributed by atoms with E-state index in [1.165, 1.54) is 18.2 Å². The van der Waals surface area contributed by atoms with Crippen LogP contribution in [-0.4, -0.2) is 17.9 Å². The van der Waals surface area contributed by atoms with Crippen molar-refractivity contribution in [3.05, 3.63) is 34.7 Å². The zero-order chi connectivity index (χ0) is 15.6. The van der Waals surface area contributed by atoms with Gasteiger partial charge in [0.15, 0.2) is 5.13 Å². The number of alkyl halides is 3. The van der Waals surface area contributed by atoms with Crippen molar-refractivity contribution in [3.63, 3.8) is 0 Å². The Morgan fingerprint density at radius 3 is 2.57 bits per heavy atom. The molecule has 0 saturated heterocycles. The van der Waals surface area contributed by atoms with E-state index in [0.717, 1.165) is 17.4 Å². The lowest BCUT2D eigenvalue weighted by atomic mass is 10.1. The number of anilines is 3. The summed E-state index contributed by atoms with van der Waals surface area (Å²) in [5.41, 5.74) is 4.33. The highest BCUT2D eigenvalue weighted by molar-refractivity contribution is 7.18. The third kappa shape index (κ3) is 3.24. The molecule has 0 spiro atoms. The van der Waals surface area contributed by atoms with Gasteiger partial charge >= 0.3 is 6.18 Å². The summed E-state index contributed by atoms with van der Waals surface area (Å²) in [6, 6.07) is 4.72. The van der Waals surface area contributed by atoms with E-state index in [-0.39, 0.29) is 16.4 Å². The van der Waals surface area contributed by atoms with Crippen LogP contribution in [-0.2, 0) is 6.18 Å². The fourth-order valence-electron chi connectivity index (χ4n) is 1.62. The predicted octanol–water partition coefficient (Wildman–Crippen LogP) is 3.04. The van der Waals surface area contributed by atoms with Crippen LogP contribution in [0.1, 0.15) is 15.2 Å². The lowest BCUT2D eigenvalue weighted by molar-refractivity contribution is -0.136. The van der Waals surface area contributed by atoms with Gasteiger partial charge in [-0.05, 0) is 12.1 Å². The third-order valence-corrected chi connectivity index (χ3v) is 3.64. The van der Waals surface area contributed by atoms with Crippen molar-refractivity contribution in [2.24, 2.45) is 0 Å². The van der Waals surface area contributed by atoms with Crippen molar-refractivity contribution in [2.75, 3.05) is 23.4 Å². The molecule has 0 atom stereocenters. The molecule has 2 rings (SSSR count). The monoisotopic (exact) mass is 316 g/mol. The van der Waals surface area contributed by atoms with Gasteiger partial charge in [0, 0.05) is 7.05 Å². The molecule has 9 heteroatoms. The van der Waals surface area contributed by atoms with Crippen molar-refractivity contribution in [3.8, 4) is 0 Å². The Balaban J connectivity index is 2.30. The number of nitrogens with two attached hydrogens (primary N) is 1. The van der Waals surface area contributed by atoms with Crippen LogP contribution < -0.4 is 16.4 Å². The quantitative estimate of drug-likeness (QED) is 0.813. The average molecular weight is 316 g/mol. The number of hydrogen-bond donors (Lipinski definition) is 3. The number of hydrogen-bond acceptors (Lipinski definition) is 5. The van der Waals surface area contributed by atoms with Crippen molar-refractivity contribution in [1.29, 1.82) is 0 Å². The number of nitrogen functional groups attached to an aromatic ring is 1. The minimum absolute atomic E-state index is 0.0358. The molecule has 2 aromatic rings. The van der Waals surface area contributed by atoms with E-state index >= 15 is 0 Å². The second-order valence-corrected chi connectivity index (χ2v) is 4.98. The lowest BCUT2D eigenvalue weighted by Gasteiger charge is -2.12. The van der Waals surface area contributed by atoms with Crippen molar-refractivity contribution in [2.45, 2.75) is 6.18 Å². The summed E-state index contributed by atoms with van der Waals surface area (Å²) in [5.74, 6) is -0.769. The summed E-state index contributed by atoms with van der Waals surface area (Å²) in [6.45, 7) is 0. The van der Waals surface area contributed by atoms with Gasteiger partial charge in [0.05, 0.1) is 11.3 Å². The number of nitrogens with zero attached hydrogens (tertiary/aromatic N) is 1. The largest absolute Gasteiger partial charge is 0.418 e. The third-order valence-electron chi connectivity index (χ3n) is 2.55. The molecule has 0 aliphatic rings. The molecule has 21 heavy (non-hydrogen) atoms. The first kappa shape index (κ1) is 15.1. The van der Waals surface area contributed by atoms with Crippen LogP contribution >= 0.6 is 11.3 Å². The van der Waals surface area contributed by atoms with Gasteiger partial charge in [-0.3, -0.25) is 4.79 Å². The van der Waals surface area contributed by atoms with Gasteiger partial charge in [0.2, 0.25) is 0 Å². The van der Waals surface area contributed by atoms with Crippen LogP contribution in [0.25, 0.3) is 0 Å². The Bertz CT molecular complexity index is 669. The number of para-hydroxylation sites is 1. The average Bonchev–Trinajstić information content (AvgIpc) is 2.79. The molecule has 1 heterocycles. The van der Waals surface area contributed by atoms with Gasteiger partial charge in [-0.2, -0.15) is 13.2 Å². The van der Waals surface area contributed by atoms with Gasteiger partial charge in [-0.15, -0.1) is 0 Å². The Morgan fingerprint density at radius 2 is 2.00 bits per heavy atom. The normalized spacial score (nSPS) is 11.2. The van der Waals surface area contributed by atoms with E-state index in [0.29, 0.717) is 5.13 Å². The molecule has 0 aliphatic carbocycles. The molecule has 0 radical (unpaired) electrons. The summed E-state index contributed by atoms with van der Waals surface area (Å²) in [6.07, 6.45) is -4.56. The number of carbonyl (C=O) groups is 1. The second-order valence-electron chi connectivity index (χ2n) is 3.98. The minimum Gasteiger partial charge on any atom is -0.382 e. The molecule has 0 aliphatic heterocycles. The highest BCUT2D eigenvalue weighted by Crippen LogP contribution is 2.35. The van der Waals surface area contributed by atoms with Gasteiger partial charge < -0.3 is 16.4 Å². The number of aromatic nitrogens is 1. The molecule has 1 aromatic heterocycles. The first-order chi connectivity index (χ1) is 9.82. The molecule has 0 fully saturated rings. The number of benzene rings is 1. The summed E-state index contributed by atoms with van der Waals surface area (Å²) in [7, 11) is 1.60. The lowest BCUT2D eigenvalue weighted by Crippen LogP contribution is -2.16. The van der Waals surface area contributed by atoms with E-state index in [2.05, 4.69) is 15.6 Å². The number of thiazole rings is 1. The SMILES string of the molecule is CNc1nc(N)c(C(=O)Nc2ccccc2C(F)(F)F)s1. The molecule has 1 amide bonds. The standard InChI is InChI=1S/C12H11F3N4OS/c1-17-11-19-9(16)8(21-11)10(20)18-7-5-3-2-4-6(7)12(13,14)15/h2-5H,16H2,1H3,(H,17,19)(H,18,20). The Labute approximate surface area is 122 Å². The maximum atomic E-state index is 12.8. The Kier molecular flexibility index (Phi) is 4.03. The van der Waals surface area contributed by atoms with Gasteiger partial charge in [0.25, 0.3) is 5.91 Å². The van der Waals surface area contributed by atoms with Crippen LogP contribution in [0.4, 0.5) is 29.8 Å². The number of rotatable bonds is 3. The molecule has 4 N–H and O–H groups in total. The number of nitrogens with one attached hydrogen (secondary N) is 2. The first-order valence-corrected chi connectivity index (χ1v) is 6.56. The van der Waals surface area contributed by atoms with Crippen molar-refractivity contribution < 1.29 is 18.0 Å². The number of carbonyl (C=O) groups excluding carboxylic acids is 1. The second kappa shape index (κ2) is 5.60. The molecule has 5 nitrogen and oxygen atoms in total. The Hall–Kier alpha value is -2.29. The smallest absolute Gasteiger partial charge is 0.382 e. The fraction of sp³-hybridized carbons (Fsp3) is 0.167. The molecule has 0 bridgehead atoms. The fourth-order valence-corrected chi connectivity index (χ4v) is 2.35.